The van der Waals surface area contributed by atoms with E-state index in [1.807, 2.05) is 11.3 Å². The van der Waals surface area contributed by atoms with Crippen LogP contribution in [0.4, 0.5) is 5.69 Å². The van der Waals surface area contributed by atoms with Crippen LogP contribution >= 0.6 is 23.1 Å². The van der Waals surface area contributed by atoms with Gasteiger partial charge in [0.1, 0.15) is 0 Å². The highest BCUT2D eigenvalue weighted by atomic mass is 32.2. The van der Waals surface area contributed by atoms with Gasteiger partial charge < -0.3 is 5.32 Å². The third-order valence-electron chi connectivity index (χ3n) is 3.02. The van der Waals surface area contributed by atoms with Crippen molar-refractivity contribution < 1.29 is 0 Å². The van der Waals surface area contributed by atoms with Gasteiger partial charge in [0.25, 0.3) is 0 Å². The predicted molar refractivity (Wildman–Crippen MR) is 75.8 cm³/mol. The Hall–Kier alpha value is -0.670. The number of thiophene rings is 1. The highest BCUT2D eigenvalue weighted by Gasteiger charge is 2.15. The summed E-state index contributed by atoms with van der Waals surface area (Å²) in [6, 6.07) is 8.70. The minimum absolute atomic E-state index is 0.815. The molecule has 1 fully saturated rings. The van der Waals surface area contributed by atoms with Gasteiger partial charge in [0.05, 0.1) is 10.4 Å². The van der Waals surface area contributed by atoms with Crippen molar-refractivity contribution in [2.75, 3.05) is 17.6 Å². The Morgan fingerprint density at radius 1 is 1.31 bits per heavy atom. The lowest BCUT2D eigenvalue weighted by Crippen LogP contribution is -2.13. The molecule has 0 saturated carbocycles. The Labute approximate surface area is 104 Å². The van der Waals surface area contributed by atoms with Gasteiger partial charge in [-0.25, -0.2) is 0 Å². The Bertz CT molecular complexity index is 471. The number of fused-ring (bicyclic) bond motifs is 1. The molecule has 1 aliphatic rings. The zero-order valence-corrected chi connectivity index (χ0v) is 10.7. The van der Waals surface area contributed by atoms with Gasteiger partial charge in [0.15, 0.2) is 0 Å². The van der Waals surface area contributed by atoms with E-state index in [0.717, 1.165) is 11.8 Å². The Morgan fingerprint density at radius 2 is 2.31 bits per heavy atom. The van der Waals surface area contributed by atoms with E-state index in [9.17, 15) is 0 Å². The number of nitrogens with one attached hydrogen (secondary N) is 1. The monoisotopic (exact) mass is 249 g/mol. The van der Waals surface area contributed by atoms with E-state index in [4.69, 9.17) is 0 Å². The van der Waals surface area contributed by atoms with E-state index in [2.05, 4.69) is 46.7 Å². The summed E-state index contributed by atoms with van der Waals surface area (Å²) in [4.78, 5) is 0. The van der Waals surface area contributed by atoms with Crippen molar-refractivity contribution in [3.8, 4) is 0 Å². The molecule has 0 spiro atoms. The maximum atomic E-state index is 3.61. The quantitative estimate of drug-likeness (QED) is 0.874. The molecule has 3 rings (SSSR count). The summed E-state index contributed by atoms with van der Waals surface area (Å²) in [5.74, 6) is 1.34. The van der Waals surface area contributed by atoms with Crippen LogP contribution < -0.4 is 5.32 Å². The Balaban J connectivity index is 1.75. The van der Waals surface area contributed by atoms with E-state index in [-0.39, 0.29) is 0 Å². The van der Waals surface area contributed by atoms with Crippen molar-refractivity contribution in [3.63, 3.8) is 0 Å². The van der Waals surface area contributed by atoms with Crippen LogP contribution in [0.2, 0.25) is 0 Å². The Morgan fingerprint density at radius 3 is 3.19 bits per heavy atom. The zero-order valence-electron chi connectivity index (χ0n) is 9.11. The van der Waals surface area contributed by atoms with Crippen molar-refractivity contribution in [3.05, 3.63) is 29.6 Å². The van der Waals surface area contributed by atoms with Gasteiger partial charge in [-0.2, -0.15) is 11.8 Å². The first-order valence-corrected chi connectivity index (χ1v) is 7.68. The average molecular weight is 249 g/mol. The van der Waals surface area contributed by atoms with E-state index in [1.165, 1.54) is 34.4 Å². The second kappa shape index (κ2) is 4.68. The fourth-order valence-corrected chi connectivity index (χ4v) is 4.25. The van der Waals surface area contributed by atoms with Gasteiger partial charge in [-0.3, -0.25) is 0 Å². The number of benzene rings is 1. The molecule has 1 saturated heterocycles. The van der Waals surface area contributed by atoms with E-state index >= 15 is 0 Å². The normalized spacial score (nSPS) is 20.4. The topological polar surface area (TPSA) is 12.0 Å². The van der Waals surface area contributed by atoms with Crippen molar-refractivity contribution in [1.29, 1.82) is 0 Å². The van der Waals surface area contributed by atoms with Crippen LogP contribution in [0.25, 0.3) is 10.1 Å². The maximum absolute atomic E-state index is 3.61. The maximum Gasteiger partial charge on any atom is 0.0574 e. The molecule has 1 aromatic heterocycles. The summed E-state index contributed by atoms with van der Waals surface area (Å²) < 4.78 is 1.39. The molecular weight excluding hydrogens is 234 g/mol. The molecule has 16 heavy (non-hydrogen) atoms. The highest BCUT2D eigenvalue weighted by Crippen LogP contribution is 2.30. The van der Waals surface area contributed by atoms with Crippen LogP contribution in [0.3, 0.4) is 0 Å². The third-order valence-corrected chi connectivity index (χ3v) is 5.38. The van der Waals surface area contributed by atoms with Gasteiger partial charge in [0, 0.05) is 11.8 Å². The SMILES string of the molecule is c1cc(NCC2CCCS2)c2sccc2c1. The minimum Gasteiger partial charge on any atom is -0.383 e. The molecule has 1 aromatic carbocycles. The number of rotatable bonds is 3. The van der Waals surface area contributed by atoms with E-state index in [1.54, 1.807) is 0 Å². The van der Waals surface area contributed by atoms with Crippen LogP contribution in [0, 0.1) is 0 Å². The van der Waals surface area contributed by atoms with Gasteiger partial charge in [-0.05, 0) is 41.5 Å². The molecule has 2 heterocycles. The number of hydrogen-bond acceptors (Lipinski definition) is 3. The summed E-state index contributed by atoms with van der Waals surface area (Å²) in [6.45, 7) is 1.11. The number of hydrogen-bond donors (Lipinski definition) is 1. The molecular formula is C13H15NS2. The molecule has 2 aromatic rings. The van der Waals surface area contributed by atoms with Crippen molar-refractivity contribution >= 4 is 38.9 Å². The van der Waals surface area contributed by atoms with Gasteiger partial charge >= 0.3 is 0 Å². The fourth-order valence-electron chi connectivity index (χ4n) is 2.16. The molecule has 0 bridgehead atoms. The van der Waals surface area contributed by atoms with Crippen LogP contribution in [0.1, 0.15) is 12.8 Å². The van der Waals surface area contributed by atoms with Crippen molar-refractivity contribution in [2.45, 2.75) is 18.1 Å². The summed E-state index contributed by atoms with van der Waals surface area (Å²) in [7, 11) is 0. The Kier molecular flexibility index (Phi) is 3.06. The minimum atomic E-state index is 0.815. The number of anilines is 1. The molecule has 1 unspecified atom stereocenters. The summed E-state index contributed by atoms with van der Waals surface area (Å²) in [5.41, 5.74) is 1.31. The molecule has 1 aliphatic heterocycles. The van der Waals surface area contributed by atoms with E-state index in [0.29, 0.717) is 0 Å². The number of thioether (sulfide) groups is 1. The lowest BCUT2D eigenvalue weighted by molar-refractivity contribution is 0.806. The van der Waals surface area contributed by atoms with Gasteiger partial charge in [-0.1, -0.05) is 12.1 Å². The van der Waals surface area contributed by atoms with Crippen LogP contribution in [0.5, 0.6) is 0 Å². The lowest BCUT2D eigenvalue weighted by atomic mass is 10.2. The summed E-state index contributed by atoms with van der Waals surface area (Å²) in [5, 5.41) is 7.94. The molecule has 3 heteroatoms. The van der Waals surface area contributed by atoms with E-state index < -0.39 is 0 Å². The average Bonchev–Trinajstić information content (AvgIpc) is 2.97. The van der Waals surface area contributed by atoms with Crippen LogP contribution in [-0.2, 0) is 0 Å². The first kappa shape index (κ1) is 10.5. The molecule has 1 atom stereocenters. The first-order chi connectivity index (χ1) is 7.93. The zero-order chi connectivity index (χ0) is 10.8. The van der Waals surface area contributed by atoms with Gasteiger partial charge in [0.2, 0.25) is 0 Å². The highest BCUT2D eigenvalue weighted by molar-refractivity contribution is 8.00. The second-order valence-electron chi connectivity index (χ2n) is 4.16. The second-order valence-corrected chi connectivity index (χ2v) is 6.48. The predicted octanol–water partition coefficient (Wildman–Crippen LogP) is 4.21. The fraction of sp³-hybridized carbons (Fsp3) is 0.385. The third kappa shape index (κ3) is 2.06. The molecule has 1 N–H and O–H groups in total. The molecule has 1 nitrogen and oxygen atoms in total. The molecule has 0 radical (unpaired) electrons. The molecule has 0 amide bonds. The summed E-state index contributed by atoms with van der Waals surface area (Å²) in [6.07, 6.45) is 2.76. The van der Waals surface area contributed by atoms with Gasteiger partial charge in [-0.15, -0.1) is 11.3 Å². The smallest absolute Gasteiger partial charge is 0.0574 e. The summed E-state index contributed by atoms with van der Waals surface area (Å²) >= 11 is 3.94. The van der Waals surface area contributed by atoms with Crippen LogP contribution in [0.15, 0.2) is 29.6 Å². The molecule has 0 aliphatic carbocycles. The van der Waals surface area contributed by atoms with Crippen molar-refractivity contribution in [2.24, 2.45) is 0 Å². The molecule has 84 valence electrons. The largest absolute Gasteiger partial charge is 0.383 e. The first-order valence-electron chi connectivity index (χ1n) is 5.75. The van der Waals surface area contributed by atoms with Crippen molar-refractivity contribution in [1.82, 2.24) is 0 Å². The standard InChI is InChI=1S/C13H15NS2/c1-3-10-6-8-16-13(10)12(5-1)14-9-11-4-2-7-15-11/h1,3,5-6,8,11,14H,2,4,7,9H2. The van der Waals surface area contributed by atoms with Crippen LogP contribution in [-0.4, -0.2) is 17.5 Å². The lowest BCUT2D eigenvalue weighted by Gasteiger charge is -2.11.